The third kappa shape index (κ3) is 4.25. The molecule has 1 amide bonds. The molecule has 0 bridgehead atoms. The highest BCUT2D eigenvalue weighted by molar-refractivity contribution is 5.85. The van der Waals surface area contributed by atoms with E-state index in [0.29, 0.717) is 25.8 Å². The molecule has 0 spiro atoms. The standard InChI is InChI=1S/C14H19NO3/c1-2-3-4-7-10-15-13(16)11-8-5-6-9-12(11)14(17)18/h1,5-6,11-12H,3-4,7-10H2,(H,15,16)(H,17,18)/t11-,12+/m1/s1. The second-order valence-electron chi connectivity index (χ2n) is 4.45. The maximum Gasteiger partial charge on any atom is 0.307 e. The van der Waals surface area contributed by atoms with Gasteiger partial charge in [0.05, 0.1) is 11.8 Å². The summed E-state index contributed by atoms with van der Waals surface area (Å²) in [5, 5.41) is 11.9. The van der Waals surface area contributed by atoms with Crippen LogP contribution in [0.25, 0.3) is 0 Å². The molecule has 18 heavy (non-hydrogen) atoms. The zero-order valence-corrected chi connectivity index (χ0v) is 10.4. The first-order chi connectivity index (χ1) is 8.66. The number of allylic oxidation sites excluding steroid dienone is 2. The second-order valence-corrected chi connectivity index (χ2v) is 4.45. The van der Waals surface area contributed by atoms with Gasteiger partial charge in [0.25, 0.3) is 0 Å². The molecule has 0 saturated carbocycles. The van der Waals surface area contributed by atoms with Gasteiger partial charge in [-0.3, -0.25) is 9.59 Å². The van der Waals surface area contributed by atoms with Crippen LogP contribution in [0, 0.1) is 24.2 Å². The minimum atomic E-state index is -0.896. The summed E-state index contributed by atoms with van der Waals surface area (Å²) >= 11 is 0. The fraction of sp³-hybridized carbons (Fsp3) is 0.571. The van der Waals surface area contributed by atoms with E-state index in [2.05, 4.69) is 11.2 Å². The largest absolute Gasteiger partial charge is 0.481 e. The van der Waals surface area contributed by atoms with Gasteiger partial charge in [0.15, 0.2) is 0 Å². The zero-order chi connectivity index (χ0) is 13.4. The normalized spacial score (nSPS) is 22.2. The molecule has 0 aromatic heterocycles. The molecule has 2 atom stereocenters. The molecule has 98 valence electrons. The fourth-order valence-corrected chi connectivity index (χ4v) is 2.07. The number of carboxylic acid groups (broad SMARTS) is 1. The third-order valence-corrected chi connectivity index (χ3v) is 3.13. The van der Waals surface area contributed by atoms with Crippen molar-refractivity contribution in [2.45, 2.75) is 32.1 Å². The fourth-order valence-electron chi connectivity index (χ4n) is 2.07. The van der Waals surface area contributed by atoms with Crippen molar-refractivity contribution in [3.8, 4) is 12.3 Å². The van der Waals surface area contributed by atoms with E-state index in [1.54, 1.807) is 0 Å². The van der Waals surface area contributed by atoms with Crippen LogP contribution in [-0.2, 0) is 9.59 Å². The summed E-state index contributed by atoms with van der Waals surface area (Å²) in [4.78, 5) is 22.9. The summed E-state index contributed by atoms with van der Waals surface area (Å²) in [6, 6.07) is 0. The van der Waals surface area contributed by atoms with E-state index >= 15 is 0 Å². The van der Waals surface area contributed by atoms with Crippen molar-refractivity contribution in [3.63, 3.8) is 0 Å². The first kappa shape index (κ1) is 14.3. The summed E-state index contributed by atoms with van der Waals surface area (Å²) in [5.41, 5.74) is 0. The Kier molecular flexibility index (Phi) is 5.99. The van der Waals surface area contributed by atoms with Crippen LogP contribution in [0.1, 0.15) is 32.1 Å². The first-order valence-corrected chi connectivity index (χ1v) is 6.25. The highest BCUT2D eigenvalue weighted by atomic mass is 16.4. The SMILES string of the molecule is C#CCCCCNC(=O)[C@@H]1CC=CC[C@@H]1C(=O)O. The molecule has 0 heterocycles. The molecule has 1 rings (SSSR count). The summed E-state index contributed by atoms with van der Waals surface area (Å²) in [7, 11) is 0. The van der Waals surface area contributed by atoms with Crippen molar-refractivity contribution in [1.82, 2.24) is 5.32 Å². The van der Waals surface area contributed by atoms with Gasteiger partial charge < -0.3 is 10.4 Å². The van der Waals surface area contributed by atoms with Gasteiger partial charge in [0.2, 0.25) is 5.91 Å². The van der Waals surface area contributed by atoms with E-state index < -0.39 is 17.8 Å². The number of unbranched alkanes of at least 4 members (excludes halogenated alkanes) is 2. The average molecular weight is 249 g/mol. The molecule has 0 aromatic carbocycles. The summed E-state index contributed by atoms with van der Waals surface area (Å²) < 4.78 is 0. The number of carboxylic acids is 1. The van der Waals surface area contributed by atoms with Crippen LogP contribution in [0.3, 0.4) is 0 Å². The van der Waals surface area contributed by atoms with Crippen LogP contribution >= 0.6 is 0 Å². The third-order valence-electron chi connectivity index (χ3n) is 3.13. The predicted octanol–water partition coefficient (Wildman–Crippen LogP) is 1.57. The molecule has 1 aliphatic rings. The maximum absolute atomic E-state index is 11.9. The number of terminal acetylenes is 1. The number of rotatable bonds is 6. The lowest BCUT2D eigenvalue weighted by Crippen LogP contribution is -2.39. The highest BCUT2D eigenvalue weighted by Crippen LogP contribution is 2.25. The van der Waals surface area contributed by atoms with Crippen LogP contribution < -0.4 is 5.32 Å². The van der Waals surface area contributed by atoms with Crippen molar-refractivity contribution in [2.24, 2.45) is 11.8 Å². The first-order valence-electron chi connectivity index (χ1n) is 6.25. The van der Waals surface area contributed by atoms with Gasteiger partial charge in [-0.2, -0.15) is 0 Å². The lowest BCUT2D eigenvalue weighted by Gasteiger charge is -2.24. The van der Waals surface area contributed by atoms with Gasteiger partial charge in [0, 0.05) is 13.0 Å². The number of carbonyl (C=O) groups is 2. The van der Waals surface area contributed by atoms with Gasteiger partial charge in [-0.25, -0.2) is 0 Å². The van der Waals surface area contributed by atoms with Gasteiger partial charge in [-0.1, -0.05) is 12.2 Å². The van der Waals surface area contributed by atoms with Gasteiger partial charge in [0.1, 0.15) is 0 Å². The second kappa shape index (κ2) is 7.54. The number of hydrogen-bond acceptors (Lipinski definition) is 2. The molecule has 0 radical (unpaired) electrons. The number of aliphatic carboxylic acids is 1. The van der Waals surface area contributed by atoms with Gasteiger partial charge in [-0.05, 0) is 25.7 Å². The van der Waals surface area contributed by atoms with Crippen LogP contribution in [-0.4, -0.2) is 23.5 Å². The van der Waals surface area contributed by atoms with Crippen LogP contribution in [0.5, 0.6) is 0 Å². The van der Waals surface area contributed by atoms with Crippen LogP contribution in [0.15, 0.2) is 12.2 Å². The minimum Gasteiger partial charge on any atom is -0.481 e. The van der Waals surface area contributed by atoms with Crippen LogP contribution in [0.2, 0.25) is 0 Å². The minimum absolute atomic E-state index is 0.160. The average Bonchev–Trinajstić information content (AvgIpc) is 2.38. The number of nitrogens with one attached hydrogen (secondary N) is 1. The molecule has 0 fully saturated rings. The topological polar surface area (TPSA) is 66.4 Å². The van der Waals surface area contributed by atoms with E-state index in [4.69, 9.17) is 11.5 Å². The summed E-state index contributed by atoms with van der Waals surface area (Å²) in [6.07, 6.45) is 12.2. The Morgan fingerprint density at radius 1 is 1.28 bits per heavy atom. The zero-order valence-electron chi connectivity index (χ0n) is 10.4. The number of amides is 1. The molecule has 0 aliphatic heterocycles. The molecule has 2 N–H and O–H groups in total. The van der Waals surface area contributed by atoms with Crippen LogP contribution in [0.4, 0.5) is 0 Å². The Balaban J connectivity index is 2.38. The quantitative estimate of drug-likeness (QED) is 0.426. The summed E-state index contributed by atoms with van der Waals surface area (Å²) in [5.74, 6) is 0.445. The molecule has 4 nitrogen and oxygen atoms in total. The van der Waals surface area contributed by atoms with Gasteiger partial charge >= 0.3 is 5.97 Å². The Bertz CT molecular complexity index is 368. The smallest absolute Gasteiger partial charge is 0.307 e. The van der Waals surface area contributed by atoms with Crippen molar-refractivity contribution < 1.29 is 14.7 Å². The summed E-state index contributed by atoms with van der Waals surface area (Å²) in [6.45, 7) is 0.563. The Morgan fingerprint density at radius 3 is 2.56 bits per heavy atom. The molecular weight excluding hydrogens is 230 g/mol. The number of hydrogen-bond donors (Lipinski definition) is 2. The van der Waals surface area contributed by atoms with E-state index in [-0.39, 0.29) is 5.91 Å². The van der Waals surface area contributed by atoms with Crippen molar-refractivity contribution in [1.29, 1.82) is 0 Å². The maximum atomic E-state index is 11.9. The lowest BCUT2D eigenvalue weighted by molar-refractivity contribution is -0.147. The molecule has 0 saturated heterocycles. The van der Waals surface area contributed by atoms with Crippen molar-refractivity contribution >= 4 is 11.9 Å². The van der Waals surface area contributed by atoms with Gasteiger partial charge in [-0.15, -0.1) is 12.3 Å². The van der Waals surface area contributed by atoms with E-state index in [0.717, 1.165) is 12.8 Å². The van der Waals surface area contributed by atoms with E-state index in [9.17, 15) is 9.59 Å². The van der Waals surface area contributed by atoms with E-state index in [1.807, 2.05) is 12.2 Å². The Labute approximate surface area is 107 Å². The van der Waals surface area contributed by atoms with Crippen molar-refractivity contribution in [3.05, 3.63) is 12.2 Å². The molecule has 0 unspecified atom stereocenters. The lowest BCUT2D eigenvalue weighted by atomic mass is 9.82. The Morgan fingerprint density at radius 2 is 1.94 bits per heavy atom. The molecular formula is C14H19NO3. The van der Waals surface area contributed by atoms with E-state index in [1.165, 1.54) is 0 Å². The monoisotopic (exact) mass is 249 g/mol. The highest BCUT2D eigenvalue weighted by Gasteiger charge is 2.33. The van der Waals surface area contributed by atoms with Crippen molar-refractivity contribution in [2.75, 3.05) is 6.54 Å². The molecule has 0 aromatic rings. The predicted molar refractivity (Wildman–Crippen MR) is 68.7 cm³/mol. The number of carbonyl (C=O) groups excluding carboxylic acids is 1. The Hall–Kier alpha value is -1.76. The molecule has 1 aliphatic carbocycles. The molecule has 4 heteroatoms.